The van der Waals surface area contributed by atoms with E-state index < -0.39 is 15.6 Å². The van der Waals surface area contributed by atoms with Gasteiger partial charge in [-0.2, -0.15) is 0 Å². The maximum Gasteiger partial charge on any atom is 0.211 e. The third kappa shape index (κ3) is 5.22. The molecule has 0 heterocycles. The van der Waals surface area contributed by atoms with E-state index in [-0.39, 0.29) is 0 Å². The second-order valence-corrected chi connectivity index (χ2v) is 7.20. The molecule has 1 fully saturated rings. The summed E-state index contributed by atoms with van der Waals surface area (Å²) in [5, 5.41) is 13.3. The summed E-state index contributed by atoms with van der Waals surface area (Å²) in [6, 6.07) is 0. The van der Waals surface area contributed by atoms with Crippen molar-refractivity contribution in [2.45, 2.75) is 44.6 Å². The molecule has 0 aliphatic heterocycles. The molecule has 0 atom stereocenters. The number of aliphatic hydroxyl groups is 1. The van der Waals surface area contributed by atoms with Crippen molar-refractivity contribution in [1.82, 2.24) is 9.62 Å². The second-order valence-electron chi connectivity index (χ2n) is 5.22. The third-order valence-electron chi connectivity index (χ3n) is 3.57. The molecule has 1 saturated carbocycles. The van der Waals surface area contributed by atoms with Crippen LogP contribution >= 0.6 is 0 Å². The predicted octanol–water partition coefficient (Wildman–Crippen LogP) is 0.553. The summed E-state index contributed by atoms with van der Waals surface area (Å²) in [5.41, 5.74) is -0.527. The zero-order valence-electron chi connectivity index (χ0n) is 11.5. The Labute approximate surface area is 111 Å². The number of hydrogen-bond acceptors (Lipinski definition) is 4. The minimum Gasteiger partial charge on any atom is -0.389 e. The van der Waals surface area contributed by atoms with E-state index >= 15 is 0 Å². The quantitative estimate of drug-likeness (QED) is 0.636. The highest BCUT2D eigenvalue weighted by molar-refractivity contribution is 7.88. The van der Waals surface area contributed by atoms with E-state index in [0.29, 0.717) is 19.6 Å². The Bertz CT molecular complexity index is 337. The van der Waals surface area contributed by atoms with Crippen molar-refractivity contribution in [3.8, 4) is 0 Å². The maximum absolute atomic E-state index is 11.4. The molecular formula is C12H26N2O3S. The van der Waals surface area contributed by atoms with Crippen LogP contribution < -0.4 is 5.32 Å². The molecule has 1 rings (SSSR count). The van der Waals surface area contributed by atoms with Gasteiger partial charge in [0.15, 0.2) is 0 Å². The van der Waals surface area contributed by atoms with Gasteiger partial charge in [-0.15, -0.1) is 0 Å². The van der Waals surface area contributed by atoms with Crippen LogP contribution in [0.1, 0.15) is 39.0 Å². The van der Waals surface area contributed by atoms with Gasteiger partial charge < -0.3 is 10.4 Å². The zero-order chi connectivity index (χ0) is 13.6. The van der Waals surface area contributed by atoms with Gasteiger partial charge in [0.25, 0.3) is 0 Å². The fourth-order valence-corrected chi connectivity index (χ4v) is 3.40. The third-order valence-corrected chi connectivity index (χ3v) is 4.95. The molecule has 18 heavy (non-hydrogen) atoms. The Hall–Kier alpha value is -0.170. The van der Waals surface area contributed by atoms with E-state index in [2.05, 4.69) is 5.32 Å². The van der Waals surface area contributed by atoms with Crippen molar-refractivity contribution in [2.75, 3.05) is 32.4 Å². The minimum atomic E-state index is -3.07. The lowest BCUT2D eigenvalue weighted by Gasteiger charge is -2.23. The summed E-state index contributed by atoms with van der Waals surface area (Å²) >= 11 is 0. The molecule has 108 valence electrons. The fourth-order valence-electron chi connectivity index (χ4n) is 2.47. The van der Waals surface area contributed by atoms with Crippen LogP contribution in [0.2, 0.25) is 0 Å². The summed E-state index contributed by atoms with van der Waals surface area (Å²) in [4.78, 5) is 0. The monoisotopic (exact) mass is 278 g/mol. The minimum absolute atomic E-state index is 0.517. The summed E-state index contributed by atoms with van der Waals surface area (Å²) in [6.45, 7) is 4.27. The van der Waals surface area contributed by atoms with E-state index in [9.17, 15) is 13.5 Å². The lowest BCUT2D eigenvalue weighted by atomic mass is 10.0. The molecule has 0 saturated heterocycles. The van der Waals surface area contributed by atoms with Crippen LogP contribution in [0.25, 0.3) is 0 Å². The van der Waals surface area contributed by atoms with Crippen molar-refractivity contribution >= 4 is 10.0 Å². The number of sulfonamides is 1. The van der Waals surface area contributed by atoms with E-state index in [1.807, 2.05) is 6.92 Å². The van der Waals surface area contributed by atoms with E-state index in [1.165, 1.54) is 10.6 Å². The highest BCUT2D eigenvalue weighted by atomic mass is 32.2. The summed E-state index contributed by atoms with van der Waals surface area (Å²) in [6.07, 6.45) is 5.99. The molecular weight excluding hydrogens is 252 g/mol. The van der Waals surface area contributed by atoms with Crippen molar-refractivity contribution in [2.24, 2.45) is 0 Å². The summed E-state index contributed by atoms with van der Waals surface area (Å²) in [5.74, 6) is 0. The normalized spacial score (nSPS) is 19.6. The second kappa shape index (κ2) is 6.84. The highest BCUT2D eigenvalue weighted by Gasteiger charge is 2.30. The Morgan fingerprint density at radius 1 is 1.33 bits per heavy atom. The number of rotatable bonds is 8. The lowest BCUT2D eigenvalue weighted by molar-refractivity contribution is 0.0478. The topological polar surface area (TPSA) is 69.6 Å². The summed E-state index contributed by atoms with van der Waals surface area (Å²) < 4.78 is 24.2. The number of nitrogens with zero attached hydrogens (tertiary/aromatic N) is 1. The Balaban J connectivity index is 2.15. The fraction of sp³-hybridized carbons (Fsp3) is 1.00. The Morgan fingerprint density at radius 2 is 1.94 bits per heavy atom. The van der Waals surface area contributed by atoms with Crippen molar-refractivity contribution in [3.05, 3.63) is 0 Å². The van der Waals surface area contributed by atoms with E-state index in [4.69, 9.17) is 0 Å². The molecule has 0 bridgehead atoms. The highest BCUT2D eigenvalue weighted by Crippen LogP contribution is 2.28. The average Bonchev–Trinajstić information content (AvgIpc) is 2.69. The molecule has 6 heteroatoms. The van der Waals surface area contributed by atoms with Crippen molar-refractivity contribution in [3.63, 3.8) is 0 Å². The molecule has 5 nitrogen and oxygen atoms in total. The van der Waals surface area contributed by atoms with Gasteiger partial charge in [-0.05, 0) is 25.8 Å². The first-order valence-corrected chi connectivity index (χ1v) is 8.60. The van der Waals surface area contributed by atoms with E-state index in [1.54, 1.807) is 0 Å². The van der Waals surface area contributed by atoms with Gasteiger partial charge in [-0.25, -0.2) is 12.7 Å². The molecule has 1 aliphatic rings. The van der Waals surface area contributed by atoms with E-state index in [0.717, 1.165) is 38.6 Å². The molecule has 0 spiro atoms. The smallest absolute Gasteiger partial charge is 0.211 e. The van der Waals surface area contributed by atoms with Crippen molar-refractivity contribution in [1.29, 1.82) is 0 Å². The van der Waals surface area contributed by atoms with Crippen LogP contribution in [-0.2, 0) is 10.0 Å². The first-order valence-electron chi connectivity index (χ1n) is 6.76. The molecule has 0 unspecified atom stereocenters. The average molecular weight is 278 g/mol. The number of hydrogen-bond donors (Lipinski definition) is 2. The maximum atomic E-state index is 11.4. The molecule has 0 amide bonds. The lowest BCUT2D eigenvalue weighted by Crippen LogP contribution is -2.39. The predicted molar refractivity (Wildman–Crippen MR) is 73.0 cm³/mol. The summed E-state index contributed by atoms with van der Waals surface area (Å²) in [7, 11) is -3.07. The van der Waals surface area contributed by atoms with Gasteiger partial charge >= 0.3 is 0 Å². The van der Waals surface area contributed by atoms with Gasteiger partial charge in [0.2, 0.25) is 10.0 Å². The van der Waals surface area contributed by atoms with Gasteiger partial charge in [0.05, 0.1) is 11.9 Å². The molecule has 2 N–H and O–H groups in total. The standard InChI is InChI=1S/C12H26N2O3S/c1-3-14(18(2,16)17)10-6-9-13-11-12(15)7-4-5-8-12/h13,15H,3-11H2,1-2H3. The molecule has 0 aromatic heterocycles. The van der Waals surface area contributed by atoms with Crippen LogP contribution in [0.4, 0.5) is 0 Å². The SMILES string of the molecule is CCN(CCCNCC1(O)CCCC1)S(C)(=O)=O. The van der Waals surface area contributed by atoms with Gasteiger partial charge in [-0.3, -0.25) is 0 Å². The van der Waals surface area contributed by atoms with Crippen LogP contribution in [0.15, 0.2) is 0 Å². The van der Waals surface area contributed by atoms with Crippen LogP contribution in [-0.4, -0.2) is 55.9 Å². The molecule has 0 radical (unpaired) electrons. The van der Waals surface area contributed by atoms with Crippen molar-refractivity contribution < 1.29 is 13.5 Å². The van der Waals surface area contributed by atoms with Gasteiger partial charge in [0, 0.05) is 19.6 Å². The Morgan fingerprint density at radius 3 is 2.44 bits per heavy atom. The number of nitrogens with one attached hydrogen (secondary N) is 1. The van der Waals surface area contributed by atoms with Crippen LogP contribution in [0.3, 0.4) is 0 Å². The largest absolute Gasteiger partial charge is 0.389 e. The Kier molecular flexibility index (Phi) is 6.04. The van der Waals surface area contributed by atoms with Crippen LogP contribution in [0.5, 0.6) is 0 Å². The molecule has 0 aromatic carbocycles. The molecule has 1 aliphatic carbocycles. The first-order chi connectivity index (χ1) is 8.37. The molecule has 0 aromatic rings. The first kappa shape index (κ1) is 15.9. The van der Waals surface area contributed by atoms with Gasteiger partial charge in [0.1, 0.15) is 0 Å². The van der Waals surface area contributed by atoms with Gasteiger partial charge in [-0.1, -0.05) is 19.8 Å². The van der Waals surface area contributed by atoms with Crippen LogP contribution in [0, 0.1) is 0 Å². The zero-order valence-corrected chi connectivity index (χ0v) is 12.3.